The topological polar surface area (TPSA) is 72.1 Å². The number of rotatable bonds is 13. The van der Waals surface area contributed by atoms with Gasteiger partial charge in [-0.2, -0.15) is 0 Å². The van der Waals surface area contributed by atoms with Gasteiger partial charge in [0, 0.05) is 56.0 Å². The highest BCUT2D eigenvalue weighted by atomic mass is 16.5. The molecule has 0 aromatic heterocycles. The van der Waals surface area contributed by atoms with Gasteiger partial charge in [0.25, 0.3) is 5.91 Å². The minimum Gasteiger partial charge on any atom is -0.496 e. The van der Waals surface area contributed by atoms with Gasteiger partial charge in [0.15, 0.2) is 0 Å². The van der Waals surface area contributed by atoms with E-state index < -0.39 is 0 Å². The molecule has 3 rings (SSSR count). The molecule has 1 atom stereocenters. The van der Waals surface area contributed by atoms with Crippen molar-refractivity contribution in [3.05, 3.63) is 64.9 Å². The number of carbonyl (C=O) groups excluding carboxylic acids is 1. The van der Waals surface area contributed by atoms with E-state index >= 15 is 0 Å². The van der Waals surface area contributed by atoms with Gasteiger partial charge in [0.05, 0.1) is 19.9 Å². The van der Waals surface area contributed by atoms with Gasteiger partial charge in [-0.3, -0.25) is 4.79 Å². The molecule has 7 heteroatoms. The van der Waals surface area contributed by atoms with Gasteiger partial charge in [0.1, 0.15) is 17.1 Å². The van der Waals surface area contributed by atoms with Crippen molar-refractivity contribution in [2.75, 3.05) is 39.4 Å². The van der Waals surface area contributed by atoms with E-state index in [0.29, 0.717) is 36.3 Å². The van der Waals surface area contributed by atoms with E-state index in [-0.39, 0.29) is 5.91 Å². The molecule has 0 saturated carbocycles. The van der Waals surface area contributed by atoms with Crippen molar-refractivity contribution in [1.29, 1.82) is 0 Å². The monoisotopic (exact) mass is 507 g/mol. The minimum absolute atomic E-state index is 0.240. The first kappa shape index (κ1) is 28.1. The number of nitrogens with zero attached hydrogens (tertiary/aromatic N) is 1. The molecule has 0 fully saturated rings. The van der Waals surface area contributed by atoms with Crippen LogP contribution >= 0.6 is 0 Å². The Morgan fingerprint density at radius 3 is 2.32 bits per heavy atom. The van der Waals surface area contributed by atoms with Crippen LogP contribution in [0.15, 0.2) is 48.2 Å². The number of anilines is 2. The number of ether oxygens (including phenoxy) is 3. The molecule has 7 nitrogen and oxygen atoms in total. The van der Waals surface area contributed by atoms with Gasteiger partial charge in [-0.15, -0.1) is 0 Å². The summed E-state index contributed by atoms with van der Waals surface area (Å²) < 4.78 is 16.5. The Morgan fingerprint density at radius 1 is 1.11 bits per heavy atom. The van der Waals surface area contributed by atoms with Crippen LogP contribution in [0, 0.1) is 6.92 Å². The van der Waals surface area contributed by atoms with E-state index in [0.717, 1.165) is 36.2 Å². The van der Waals surface area contributed by atoms with Gasteiger partial charge < -0.3 is 29.7 Å². The number of hydrogen-bond donors (Lipinski definition) is 2. The van der Waals surface area contributed by atoms with E-state index in [1.807, 2.05) is 12.1 Å². The molecule has 0 saturated heterocycles. The maximum Gasteiger partial charge on any atom is 0.258 e. The average molecular weight is 508 g/mol. The molecule has 0 radical (unpaired) electrons. The van der Waals surface area contributed by atoms with Crippen molar-refractivity contribution in [3.8, 4) is 11.5 Å². The fourth-order valence-corrected chi connectivity index (χ4v) is 4.25. The first-order chi connectivity index (χ1) is 17.9. The molecule has 2 aromatic carbocycles. The predicted molar refractivity (Wildman–Crippen MR) is 151 cm³/mol. The molecule has 1 heterocycles. The SMILES string of the molecule is CC/C(C)=C\N(c1cc(OC)c(C(=O)NCCCOC)c(OC)c1)c1ccc(C2=CC(CC)N2)cc1C. The van der Waals surface area contributed by atoms with Crippen LogP contribution in [0.25, 0.3) is 5.70 Å². The number of nitrogens with one attached hydrogen (secondary N) is 2. The Hall–Kier alpha value is -3.45. The maximum absolute atomic E-state index is 13.0. The molecule has 2 N–H and O–H groups in total. The highest BCUT2D eigenvalue weighted by molar-refractivity contribution is 6.00. The second-order valence-corrected chi connectivity index (χ2v) is 9.27. The zero-order chi connectivity index (χ0) is 26.9. The normalized spacial score (nSPS) is 14.8. The van der Waals surface area contributed by atoms with Crippen LogP contribution in [0.4, 0.5) is 11.4 Å². The summed E-state index contributed by atoms with van der Waals surface area (Å²) in [7, 11) is 4.78. The van der Waals surface area contributed by atoms with Gasteiger partial charge >= 0.3 is 0 Å². The zero-order valence-electron chi connectivity index (χ0n) is 23.2. The Kier molecular flexibility index (Phi) is 10.0. The van der Waals surface area contributed by atoms with Crippen LogP contribution in [-0.4, -0.2) is 46.4 Å². The number of methoxy groups -OCH3 is 3. The van der Waals surface area contributed by atoms with Gasteiger partial charge in [0.2, 0.25) is 0 Å². The third-order valence-corrected chi connectivity index (χ3v) is 6.63. The summed E-state index contributed by atoms with van der Waals surface area (Å²) in [6, 6.07) is 10.7. The average Bonchev–Trinajstić information content (AvgIpc) is 2.88. The van der Waals surface area contributed by atoms with Crippen molar-refractivity contribution in [2.45, 2.75) is 53.0 Å². The quantitative estimate of drug-likeness (QED) is 0.326. The van der Waals surface area contributed by atoms with Crippen LogP contribution < -0.4 is 25.0 Å². The highest BCUT2D eigenvalue weighted by Crippen LogP contribution is 2.39. The molecule has 37 heavy (non-hydrogen) atoms. The van der Waals surface area contributed by atoms with E-state index in [1.165, 1.54) is 16.8 Å². The number of benzene rings is 2. The molecule has 1 aliphatic heterocycles. The summed E-state index contributed by atoms with van der Waals surface area (Å²) >= 11 is 0. The Bertz CT molecular complexity index is 1130. The summed E-state index contributed by atoms with van der Waals surface area (Å²) in [4.78, 5) is 15.2. The van der Waals surface area contributed by atoms with Crippen LogP contribution in [0.3, 0.4) is 0 Å². The molecule has 1 amide bonds. The van der Waals surface area contributed by atoms with Crippen LogP contribution in [-0.2, 0) is 4.74 Å². The van der Waals surface area contributed by atoms with E-state index in [1.54, 1.807) is 21.3 Å². The van der Waals surface area contributed by atoms with Crippen molar-refractivity contribution in [3.63, 3.8) is 0 Å². The second-order valence-electron chi connectivity index (χ2n) is 9.27. The molecular formula is C30H41N3O4. The molecular weight excluding hydrogens is 466 g/mol. The Labute approximate surface area is 221 Å². The predicted octanol–water partition coefficient (Wildman–Crippen LogP) is 5.95. The largest absolute Gasteiger partial charge is 0.496 e. The number of allylic oxidation sites excluding steroid dienone is 1. The number of aryl methyl sites for hydroxylation is 1. The Morgan fingerprint density at radius 2 is 1.78 bits per heavy atom. The van der Waals surface area contributed by atoms with Crippen molar-refractivity contribution in [1.82, 2.24) is 10.6 Å². The Balaban J connectivity index is 2.03. The minimum atomic E-state index is -0.240. The van der Waals surface area contributed by atoms with E-state index in [2.05, 4.69) is 73.7 Å². The summed E-state index contributed by atoms with van der Waals surface area (Å²) in [6.45, 7) is 9.63. The number of hydrogen-bond acceptors (Lipinski definition) is 6. The van der Waals surface area contributed by atoms with Crippen LogP contribution in [0.5, 0.6) is 11.5 Å². The zero-order valence-corrected chi connectivity index (χ0v) is 23.2. The lowest BCUT2D eigenvalue weighted by Crippen LogP contribution is -2.34. The molecule has 0 spiro atoms. The van der Waals surface area contributed by atoms with Gasteiger partial charge in [-0.05, 0) is 62.4 Å². The number of amides is 1. The molecule has 1 unspecified atom stereocenters. The lowest BCUT2D eigenvalue weighted by molar-refractivity contribution is 0.0942. The lowest BCUT2D eigenvalue weighted by atomic mass is 9.98. The summed E-state index contributed by atoms with van der Waals surface area (Å²) in [5.74, 6) is 0.667. The van der Waals surface area contributed by atoms with Crippen molar-refractivity contribution in [2.24, 2.45) is 0 Å². The van der Waals surface area contributed by atoms with Crippen LogP contribution in [0.2, 0.25) is 0 Å². The second kappa shape index (κ2) is 13.2. The summed E-state index contributed by atoms with van der Waals surface area (Å²) in [5, 5.41) is 6.45. The molecule has 0 bridgehead atoms. The molecule has 1 aliphatic rings. The number of carbonyl (C=O) groups is 1. The van der Waals surface area contributed by atoms with Gasteiger partial charge in [-0.25, -0.2) is 0 Å². The third kappa shape index (κ3) is 6.66. The van der Waals surface area contributed by atoms with E-state index in [4.69, 9.17) is 14.2 Å². The molecule has 0 aliphatic carbocycles. The standard InChI is InChI=1S/C30H41N3O4/c1-8-20(3)19-33(26-12-11-22(15-21(26)4)25-16-23(9-2)32-25)24-17-27(36-6)29(28(18-24)37-7)30(34)31-13-10-14-35-5/h11-12,15-19,23,32H,8-10,13-14H2,1-7H3,(H,31,34)/b20-19-. The lowest BCUT2D eigenvalue weighted by Gasteiger charge is -2.29. The molecule has 200 valence electrons. The fraction of sp³-hybridized carbons (Fsp3) is 0.433. The van der Waals surface area contributed by atoms with Crippen molar-refractivity contribution < 1.29 is 19.0 Å². The van der Waals surface area contributed by atoms with Crippen molar-refractivity contribution >= 4 is 23.0 Å². The maximum atomic E-state index is 13.0. The summed E-state index contributed by atoms with van der Waals surface area (Å²) in [5.41, 5.74) is 6.98. The first-order valence-corrected chi connectivity index (χ1v) is 13.0. The fourth-order valence-electron chi connectivity index (χ4n) is 4.25. The first-order valence-electron chi connectivity index (χ1n) is 13.0. The third-order valence-electron chi connectivity index (χ3n) is 6.63. The smallest absolute Gasteiger partial charge is 0.258 e. The molecule has 2 aromatic rings. The highest BCUT2D eigenvalue weighted by Gasteiger charge is 2.23. The summed E-state index contributed by atoms with van der Waals surface area (Å²) in [6.07, 6.45) is 7.14. The van der Waals surface area contributed by atoms with E-state index in [9.17, 15) is 4.79 Å². The van der Waals surface area contributed by atoms with Gasteiger partial charge in [-0.1, -0.05) is 25.5 Å². The van der Waals surface area contributed by atoms with Crippen LogP contribution in [0.1, 0.15) is 61.5 Å².